The highest BCUT2D eigenvalue weighted by molar-refractivity contribution is 7.89. The standard InChI is InChI=1S/C10H18N2O4S/c1-8-11(7-10(13)14)4-5-12(17(8,15)16)6-9-2-3-9/h8-9H,2-7H2,1H3,(H,13,14)/t8-/m1/s1. The maximum absolute atomic E-state index is 12.2. The molecule has 0 amide bonds. The number of rotatable bonds is 4. The molecule has 1 aliphatic carbocycles. The van der Waals surface area contributed by atoms with E-state index in [1.807, 2.05) is 0 Å². The van der Waals surface area contributed by atoms with Crippen LogP contribution in [0, 0.1) is 5.92 Å². The normalized spacial score (nSPS) is 30.3. The maximum atomic E-state index is 12.2. The van der Waals surface area contributed by atoms with Crippen molar-refractivity contribution in [2.24, 2.45) is 5.92 Å². The van der Waals surface area contributed by atoms with Gasteiger partial charge < -0.3 is 5.11 Å². The minimum Gasteiger partial charge on any atom is -0.480 e. The first-order valence-electron chi connectivity index (χ1n) is 5.86. The number of sulfonamides is 1. The van der Waals surface area contributed by atoms with Crippen molar-refractivity contribution in [3.63, 3.8) is 0 Å². The molecule has 17 heavy (non-hydrogen) atoms. The van der Waals surface area contributed by atoms with E-state index in [2.05, 4.69) is 0 Å². The fraction of sp³-hybridized carbons (Fsp3) is 0.900. The SMILES string of the molecule is C[C@@H]1N(CC(=O)O)CCN(CC2CC2)S1(=O)=O. The van der Waals surface area contributed by atoms with Gasteiger partial charge in [-0.3, -0.25) is 9.69 Å². The lowest BCUT2D eigenvalue weighted by molar-refractivity contribution is -0.138. The van der Waals surface area contributed by atoms with Crippen molar-refractivity contribution in [3.05, 3.63) is 0 Å². The largest absolute Gasteiger partial charge is 0.480 e. The Labute approximate surface area is 101 Å². The van der Waals surface area contributed by atoms with Crippen LogP contribution in [0.2, 0.25) is 0 Å². The van der Waals surface area contributed by atoms with Crippen LogP contribution in [0.4, 0.5) is 0 Å². The highest BCUT2D eigenvalue weighted by Gasteiger charge is 2.40. The van der Waals surface area contributed by atoms with Gasteiger partial charge in [0.25, 0.3) is 0 Å². The van der Waals surface area contributed by atoms with Crippen LogP contribution in [-0.4, -0.2) is 60.3 Å². The van der Waals surface area contributed by atoms with Crippen molar-refractivity contribution in [3.8, 4) is 0 Å². The van der Waals surface area contributed by atoms with Gasteiger partial charge >= 0.3 is 5.97 Å². The van der Waals surface area contributed by atoms with Gasteiger partial charge in [-0.2, -0.15) is 4.31 Å². The molecule has 6 nitrogen and oxygen atoms in total. The minimum absolute atomic E-state index is 0.211. The van der Waals surface area contributed by atoms with E-state index < -0.39 is 21.4 Å². The zero-order chi connectivity index (χ0) is 12.6. The maximum Gasteiger partial charge on any atom is 0.317 e. The van der Waals surface area contributed by atoms with Gasteiger partial charge in [0.2, 0.25) is 10.0 Å². The van der Waals surface area contributed by atoms with E-state index >= 15 is 0 Å². The summed E-state index contributed by atoms with van der Waals surface area (Å²) in [7, 11) is -3.36. The van der Waals surface area contributed by atoms with Crippen LogP contribution in [-0.2, 0) is 14.8 Å². The Hall–Kier alpha value is -0.660. The zero-order valence-electron chi connectivity index (χ0n) is 9.87. The molecule has 2 fully saturated rings. The van der Waals surface area contributed by atoms with Crippen molar-refractivity contribution in [2.45, 2.75) is 25.1 Å². The lowest BCUT2D eigenvalue weighted by Gasteiger charge is -2.38. The molecule has 7 heteroatoms. The molecule has 1 N–H and O–H groups in total. The molecule has 0 aromatic heterocycles. The van der Waals surface area contributed by atoms with E-state index in [-0.39, 0.29) is 6.54 Å². The van der Waals surface area contributed by atoms with Gasteiger partial charge in [-0.05, 0) is 25.7 Å². The Bertz CT molecular complexity index is 405. The summed E-state index contributed by atoms with van der Waals surface area (Å²) < 4.78 is 25.8. The molecule has 2 aliphatic rings. The van der Waals surface area contributed by atoms with Gasteiger partial charge in [-0.1, -0.05) is 0 Å². The number of carboxylic acid groups (broad SMARTS) is 1. The molecule has 1 aliphatic heterocycles. The van der Waals surface area contributed by atoms with Crippen LogP contribution in [0.25, 0.3) is 0 Å². The molecule has 1 saturated heterocycles. The lowest BCUT2D eigenvalue weighted by atomic mass is 10.4. The first-order chi connectivity index (χ1) is 7.91. The first kappa shape index (κ1) is 12.8. The first-order valence-corrected chi connectivity index (χ1v) is 7.36. The molecule has 2 rings (SSSR count). The van der Waals surface area contributed by atoms with Crippen LogP contribution in [0.5, 0.6) is 0 Å². The molecule has 98 valence electrons. The van der Waals surface area contributed by atoms with Crippen molar-refractivity contribution >= 4 is 16.0 Å². The van der Waals surface area contributed by atoms with Crippen LogP contribution in [0.1, 0.15) is 19.8 Å². The van der Waals surface area contributed by atoms with Crippen LogP contribution in [0.15, 0.2) is 0 Å². The molecule has 0 bridgehead atoms. The summed E-state index contributed by atoms with van der Waals surface area (Å²) in [5.41, 5.74) is 0. The Morgan fingerprint density at radius 2 is 2.00 bits per heavy atom. The average molecular weight is 262 g/mol. The summed E-state index contributed by atoms with van der Waals surface area (Å²) >= 11 is 0. The Morgan fingerprint density at radius 3 is 2.53 bits per heavy atom. The summed E-state index contributed by atoms with van der Waals surface area (Å²) in [6.45, 7) is 2.87. The van der Waals surface area contributed by atoms with Crippen molar-refractivity contribution in [1.82, 2.24) is 9.21 Å². The number of aliphatic carboxylic acids is 1. The third-order valence-electron chi connectivity index (χ3n) is 3.44. The van der Waals surface area contributed by atoms with Crippen LogP contribution < -0.4 is 0 Å². The second-order valence-electron chi connectivity index (χ2n) is 4.81. The quantitative estimate of drug-likeness (QED) is 0.757. The number of carbonyl (C=O) groups is 1. The van der Waals surface area contributed by atoms with Crippen molar-refractivity contribution < 1.29 is 18.3 Å². The topological polar surface area (TPSA) is 77.9 Å². The molecule has 0 unspecified atom stereocenters. The fourth-order valence-electron chi connectivity index (χ4n) is 2.12. The molecular formula is C10H18N2O4S. The summed E-state index contributed by atoms with van der Waals surface area (Å²) in [5.74, 6) is -0.467. The third-order valence-corrected chi connectivity index (χ3v) is 5.65. The van der Waals surface area contributed by atoms with Gasteiger partial charge in [-0.15, -0.1) is 0 Å². The second kappa shape index (κ2) is 4.55. The minimum atomic E-state index is -3.36. The van der Waals surface area contributed by atoms with E-state index in [9.17, 15) is 13.2 Å². The fourth-order valence-corrected chi connectivity index (χ4v) is 3.86. The van der Waals surface area contributed by atoms with Crippen LogP contribution in [0.3, 0.4) is 0 Å². The molecule has 0 aromatic carbocycles. The van der Waals surface area contributed by atoms with Crippen molar-refractivity contribution in [1.29, 1.82) is 0 Å². The zero-order valence-corrected chi connectivity index (χ0v) is 10.7. The molecule has 1 atom stereocenters. The summed E-state index contributed by atoms with van der Waals surface area (Å²) in [4.78, 5) is 12.1. The summed E-state index contributed by atoms with van der Waals surface area (Å²) in [6.07, 6.45) is 2.22. The van der Waals surface area contributed by atoms with Gasteiger partial charge in [0.15, 0.2) is 0 Å². The van der Waals surface area contributed by atoms with Crippen LogP contribution >= 0.6 is 0 Å². The number of hydrogen-bond donors (Lipinski definition) is 1. The van der Waals surface area contributed by atoms with Gasteiger partial charge in [0.1, 0.15) is 5.37 Å². The Kier molecular flexibility index (Phi) is 3.42. The Balaban J connectivity index is 2.05. The smallest absolute Gasteiger partial charge is 0.317 e. The highest BCUT2D eigenvalue weighted by Crippen LogP contribution is 2.32. The molecule has 1 saturated carbocycles. The van der Waals surface area contributed by atoms with E-state index in [1.54, 1.807) is 6.92 Å². The van der Waals surface area contributed by atoms with E-state index in [4.69, 9.17) is 5.11 Å². The number of hydrogen-bond acceptors (Lipinski definition) is 4. The van der Waals surface area contributed by atoms with Gasteiger partial charge in [-0.25, -0.2) is 8.42 Å². The predicted molar refractivity (Wildman–Crippen MR) is 61.9 cm³/mol. The highest BCUT2D eigenvalue weighted by atomic mass is 32.2. The number of nitrogens with zero attached hydrogens (tertiary/aromatic N) is 2. The predicted octanol–water partition coefficient (Wildman–Crippen LogP) is -0.226. The van der Waals surface area contributed by atoms with E-state index in [0.29, 0.717) is 25.6 Å². The molecule has 1 heterocycles. The van der Waals surface area contributed by atoms with Crippen molar-refractivity contribution in [2.75, 3.05) is 26.2 Å². The molecule has 0 radical (unpaired) electrons. The molecule has 0 spiro atoms. The summed E-state index contributed by atoms with van der Waals surface area (Å²) in [6, 6.07) is 0. The second-order valence-corrected chi connectivity index (χ2v) is 7.04. The number of carboxylic acids is 1. The van der Waals surface area contributed by atoms with E-state index in [1.165, 1.54) is 9.21 Å². The van der Waals surface area contributed by atoms with Gasteiger partial charge in [0.05, 0.1) is 6.54 Å². The van der Waals surface area contributed by atoms with E-state index in [0.717, 1.165) is 12.8 Å². The third kappa shape index (κ3) is 2.78. The molecule has 0 aromatic rings. The molecular weight excluding hydrogens is 244 g/mol. The lowest BCUT2D eigenvalue weighted by Crippen LogP contribution is -2.56. The van der Waals surface area contributed by atoms with Gasteiger partial charge in [0, 0.05) is 19.6 Å². The monoisotopic (exact) mass is 262 g/mol. The average Bonchev–Trinajstić information content (AvgIpc) is 3.02. The summed E-state index contributed by atoms with van der Waals surface area (Å²) in [5, 5.41) is 7.99. The Morgan fingerprint density at radius 1 is 1.35 bits per heavy atom.